The Morgan fingerprint density at radius 1 is 0.640 bits per heavy atom. The second-order valence-electron chi connectivity index (χ2n) is 14.2. The van der Waals surface area contributed by atoms with Gasteiger partial charge in [0.25, 0.3) is 0 Å². The lowest BCUT2D eigenvalue weighted by molar-refractivity contribution is -0.727. The van der Waals surface area contributed by atoms with Gasteiger partial charge < -0.3 is 4.40 Å². The molecule has 6 heterocycles. The number of aryl methyl sites for hydroxylation is 2. The Balaban J connectivity index is 1.24. The van der Waals surface area contributed by atoms with E-state index in [0.717, 1.165) is 18.5 Å². The first-order valence-electron chi connectivity index (χ1n) is 17.8. The average molecular weight is 642 g/mol. The van der Waals surface area contributed by atoms with E-state index < -0.39 is 0 Å². The van der Waals surface area contributed by atoms with E-state index >= 15 is 0 Å². The Hall–Kier alpha value is -6.06. The molecule has 50 heavy (non-hydrogen) atoms. The van der Waals surface area contributed by atoms with Crippen molar-refractivity contribution in [1.29, 1.82) is 0 Å². The monoisotopic (exact) mass is 641 g/mol. The van der Waals surface area contributed by atoms with E-state index in [9.17, 15) is 0 Å². The number of hydrogen-bond acceptors (Lipinski definition) is 0. The van der Waals surface area contributed by atoms with Crippen molar-refractivity contribution in [3.05, 3.63) is 169 Å². The van der Waals surface area contributed by atoms with Crippen LogP contribution in [-0.4, -0.2) is 4.40 Å². The number of benzene rings is 5. The molecule has 0 spiro atoms. The van der Waals surface area contributed by atoms with Gasteiger partial charge >= 0.3 is 0 Å². The smallest absolute Gasteiger partial charge is 0.249 e. The summed E-state index contributed by atoms with van der Waals surface area (Å²) in [5.41, 5.74) is 16.6. The summed E-state index contributed by atoms with van der Waals surface area (Å²) >= 11 is 0. The summed E-state index contributed by atoms with van der Waals surface area (Å²) in [6.45, 7) is 7.25. The molecule has 4 aromatic heterocycles. The lowest BCUT2D eigenvalue weighted by atomic mass is 9.78. The van der Waals surface area contributed by atoms with E-state index in [0.29, 0.717) is 0 Å². The van der Waals surface area contributed by atoms with E-state index in [1.54, 1.807) is 0 Å². The van der Waals surface area contributed by atoms with Crippen molar-refractivity contribution < 1.29 is 9.13 Å². The molecule has 11 rings (SSSR count). The molecule has 0 fully saturated rings. The summed E-state index contributed by atoms with van der Waals surface area (Å²) in [6, 6.07) is 49.6. The number of nitrogens with zero attached hydrogens (tertiary/aromatic N) is 3. The van der Waals surface area contributed by atoms with Crippen LogP contribution in [0.2, 0.25) is 0 Å². The van der Waals surface area contributed by atoms with E-state index in [4.69, 9.17) is 6.58 Å². The van der Waals surface area contributed by atoms with E-state index in [2.05, 4.69) is 166 Å². The van der Waals surface area contributed by atoms with E-state index in [1.807, 2.05) is 0 Å². The molecule has 2 aliphatic rings. The number of pyridine rings is 2. The average Bonchev–Trinajstić information content (AvgIpc) is 3.69. The van der Waals surface area contributed by atoms with Gasteiger partial charge in [0.15, 0.2) is 12.4 Å². The first-order valence-corrected chi connectivity index (χ1v) is 17.8. The van der Waals surface area contributed by atoms with Crippen molar-refractivity contribution >= 4 is 43.8 Å². The maximum absolute atomic E-state index is 4.99. The summed E-state index contributed by atoms with van der Waals surface area (Å²) in [7, 11) is 0. The fourth-order valence-corrected chi connectivity index (χ4v) is 9.49. The minimum absolute atomic E-state index is 0.0612. The summed E-state index contributed by atoms with van der Waals surface area (Å²) in [6.07, 6.45) is 6.61. The highest BCUT2D eigenvalue weighted by Crippen LogP contribution is 2.47. The summed E-state index contributed by atoms with van der Waals surface area (Å²) in [5, 5.41) is 5.25. The quantitative estimate of drug-likeness (QED) is 0.158. The molecule has 0 aliphatic carbocycles. The van der Waals surface area contributed by atoms with Crippen LogP contribution in [0.25, 0.3) is 77.4 Å². The first kappa shape index (κ1) is 27.8. The molecule has 0 saturated heterocycles. The Morgan fingerprint density at radius 2 is 1.40 bits per heavy atom. The molecule has 3 heteroatoms. The maximum atomic E-state index is 4.99. The third-order valence-electron chi connectivity index (χ3n) is 11.7. The van der Waals surface area contributed by atoms with Crippen LogP contribution < -0.4 is 9.13 Å². The van der Waals surface area contributed by atoms with Crippen LogP contribution in [0.15, 0.2) is 152 Å². The molecule has 0 saturated carbocycles. The molecule has 9 aromatic rings. The molecule has 0 bridgehead atoms. The second kappa shape index (κ2) is 10.2. The molecule has 2 unspecified atom stereocenters. The number of rotatable bonds is 1. The molecule has 0 amide bonds. The Morgan fingerprint density at radius 3 is 2.30 bits per heavy atom. The third-order valence-corrected chi connectivity index (χ3v) is 11.7. The predicted molar refractivity (Wildman–Crippen MR) is 204 cm³/mol. The van der Waals surface area contributed by atoms with Gasteiger partial charge in [-0.1, -0.05) is 84.9 Å². The third kappa shape index (κ3) is 3.69. The van der Waals surface area contributed by atoms with Crippen LogP contribution in [0.4, 0.5) is 0 Å². The summed E-state index contributed by atoms with van der Waals surface area (Å²) < 4.78 is 7.44. The standard InChI is InChI=1S/C47H35N3/c1-29-25-44-39-27-40-37-19-12-18-36-35-17-8-9-21-43(35)50(47(36)37)45(40)26-32(39)22-23-38-33-15-6-7-16-34(33)42-20-10-11-24-48(42)46(38)30(2)49(44)28-41(29)31-13-4-3-5-14-31/h3-21,24-28,38,46H,2,22-23H2,1H3/q+2. The van der Waals surface area contributed by atoms with Crippen molar-refractivity contribution in [3.63, 3.8) is 0 Å². The zero-order valence-electron chi connectivity index (χ0n) is 28.0. The van der Waals surface area contributed by atoms with Gasteiger partial charge in [-0.3, -0.25) is 0 Å². The number of fused-ring (bicyclic) bond motifs is 15. The maximum Gasteiger partial charge on any atom is 0.249 e. The topological polar surface area (TPSA) is 12.2 Å². The molecule has 236 valence electrons. The zero-order chi connectivity index (χ0) is 33.1. The van der Waals surface area contributed by atoms with E-state index in [1.165, 1.54) is 88.4 Å². The molecule has 5 aromatic carbocycles. The van der Waals surface area contributed by atoms with E-state index in [-0.39, 0.29) is 12.0 Å². The van der Waals surface area contributed by atoms with Gasteiger partial charge in [-0.2, -0.15) is 9.13 Å². The van der Waals surface area contributed by atoms with Crippen molar-refractivity contribution in [2.75, 3.05) is 0 Å². The number of aromatic nitrogens is 3. The molecule has 3 nitrogen and oxygen atoms in total. The Labute approximate surface area is 291 Å². The summed E-state index contributed by atoms with van der Waals surface area (Å²) in [4.78, 5) is 0. The Bertz CT molecular complexity index is 2860. The highest BCUT2D eigenvalue weighted by Gasteiger charge is 2.47. The summed E-state index contributed by atoms with van der Waals surface area (Å²) in [5.74, 6) is 0.260. The van der Waals surface area contributed by atoms with Gasteiger partial charge in [0.1, 0.15) is 0 Å². The van der Waals surface area contributed by atoms with Gasteiger partial charge in [-0.05, 0) is 78.9 Å². The number of hydrogen-bond donors (Lipinski definition) is 0. The molecule has 0 radical (unpaired) electrons. The van der Waals surface area contributed by atoms with Crippen LogP contribution in [0.3, 0.4) is 0 Å². The highest BCUT2D eigenvalue weighted by atomic mass is 15.1. The lowest BCUT2D eigenvalue weighted by Crippen LogP contribution is -2.53. The minimum atomic E-state index is 0.0612. The molecular formula is C47H35N3+2. The molecule has 0 N–H and O–H groups in total. The number of allylic oxidation sites excluding steroid dienone is 1. The van der Waals surface area contributed by atoms with Gasteiger partial charge in [-0.15, -0.1) is 0 Å². The van der Waals surface area contributed by atoms with Crippen molar-refractivity contribution in [2.45, 2.75) is 31.7 Å². The minimum Gasteiger partial charge on any atom is -0.308 e. The van der Waals surface area contributed by atoms with Gasteiger partial charge in [0.05, 0.1) is 28.0 Å². The first-order chi connectivity index (χ1) is 24.7. The van der Waals surface area contributed by atoms with Crippen molar-refractivity contribution in [2.24, 2.45) is 0 Å². The largest absolute Gasteiger partial charge is 0.308 e. The van der Waals surface area contributed by atoms with Crippen molar-refractivity contribution in [3.8, 4) is 33.6 Å². The van der Waals surface area contributed by atoms with Crippen LogP contribution in [0.1, 0.15) is 35.1 Å². The molecule has 2 aliphatic heterocycles. The van der Waals surface area contributed by atoms with Crippen LogP contribution in [0, 0.1) is 6.92 Å². The van der Waals surface area contributed by atoms with Gasteiger partial charge in [0.2, 0.25) is 23.1 Å². The van der Waals surface area contributed by atoms with Gasteiger partial charge in [-0.25, -0.2) is 0 Å². The van der Waals surface area contributed by atoms with Crippen molar-refractivity contribution in [1.82, 2.24) is 4.40 Å². The van der Waals surface area contributed by atoms with Crippen LogP contribution >= 0.6 is 0 Å². The fraction of sp³-hybridized carbons (Fsp3) is 0.106. The number of para-hydroxylation sites is 2. The fourth-order valence-electron chi connectivity index (χ4n) is 9.49. The van der Waals surface area contributed by atoms with Crippen LogP contribution in [0.5, 0.6) is 0 Å². The normalized spacial score (nSPS) is 16.8. The SMILES string of the molecule is C=C1C2C(CCc3cc4c(cc3-c3cc(C)c(-c5ccccc5)c[n+]31)c1cccc3c5ccccc5n4c31)c1ccccc1-c1cccc[n+]12. The predicted octanol–water partition coefficient (Wildman–Crippen LogP) is 10.5. The van der Waals surface area contributed by atoms with Gasteiger partial charge in [0, 0.05) is 50.9 Å². The van der Waals surface area contributed by atoms with Crippen LogP contribution in [-0.2, 0) is 6.42 Å². The molecule has 2 atom stereocenters. The lowest BCUT2D eigenvalue weighted by Gasteiger charge is -2.29. The Kier molecular flexibility index (Phi) is 5.70. The zero-order valence-corrected chi connectivity index (χ0v) is 28.0. The second-order valence-corrected chi connectivity index (χ2v) is 14.2. The highest BCUT2D eigenvalue weighted by molar-refractivity contribution is 6.23. The molecular weight excluding hydrogens is 607 g/mol.